The van der Waals surface area contributed by atoms with Gasteiger partial charge in [0.1, 0.15) is 17.6 Å². The lowest BCUT2D eigenvalue weighted by Gasteiger charge is -2.17. The lowest BCUT2D eigenvalue weighted by Crippen LogP contribution is -2.21. The van der Waals surface area contributed by atoms with E-state index in [2.05, 4.69) is 10.3 Å². The maximum atomic E-state index is 12.1. The van der Waals surface area contributed by atoms with E-state index >= 15 is 0 Å². The predicted molar refractivity (Wildman–Crippen MR) is 101 cm³/mol. The number of amides is 1. The first kappa shape index (κ1) is 18.2. The molecule has 3 atom stereocenters. The molecule has 1 aliphatic heterocycles. The maximum Gasteiger partial charge on any atom is 0.302 e. The van der Waals surface area contributed by atoms with E-state index < -0.39 is 6.41 Å². The first-order chi connectivity index (χ1) is 12.4. The van der Waals surface area contributed by atoms with Gasteiger partial charge in [-0.05, 0) is 44.1 Å². The summed E-state index contributed by atoms with van der Waals surface area (Å²) in [5, 5.41) is 13.0. The first-order valence-corrected chi connectivity index (χ1v) is 8.78. The van der Waals surface area contributed by atoms with Gasteiger partial charge in [0.2, 0.25) is 5.91 Å². The van der Waals surface area contributed by atoms with Gasteiger partial charge in [0.05, 0.1) is 11.4 Å². The zero-order valence-corrected chi connectivity index (χ0v) is 15.4. The predicted octanol–water partition coefficient (Wildman–Crippen LogP) is 3.70. The highest BCUT2D eigenvalue weighted by atomic mass is 16.7. The van der Waals surface area contributed by atoms with Crippen LogP contribution in [0, 0.1) is 12.8 Å². The van der Waals surface area contributed by atoms with Gasteiger partial charge in [-0.1, -0.05) is 25.5 Å². The van der Waals surface area contributed by atoms with E-state index in [1.54, 1.807) is 19.1 Å². The van der Waals surface area contributed by atoms with Crippen molar-refractivity contribution in [2.24, 2.45) is 10.9 Å². The van der Waals surface area contributed by atoms with Crippen LogP contribution in [0.1, 0.15) is 32.8 Å². The minimum atomic E-state index is -0.760. The number of rotatable bonds is 5. The van der Waals surface area contributed by atoms with E-state index in [9.17, 15) is 9.90 Å². The van der Waals surface area contributed by atoms with Crippen molar-refractivity contribution in [1.29, 1.82) is 0 Å². The molecule has 0 spiro atoms. The van der Waals surface area contributed by atoms with Gasteiger partial charge >= 0.3 is 6.41 Å². The van der Waals surface area contributed by atoms with Crippen molar-refractivity contribution < 1.29 is 19.4 Å². The summed E-state index contributed by atoms with van der Waals surface area (Å²) < 4.78 is 11.6. The zero-order valence-electron chi connectivity index (χ0n) is 15.4. The minimum Gasteiger partial charge on any atom is -0.505 e. The van der Waals surface area contributed by atoms with Crippen LogP contribution in [0.4, 0.5) is 5.69 Å². The van der Waals surface area contributed by atoms with Crippen molar-refractivity contribution in [2.75, 3.05) is 5.32 Å². The smallest absolute Gasteiger partial charge is 0.302 e. The molecule has 3 rings (SSSR count). The summed E-state index contributed by atoms with van der Waals surface area (Å²) in [6, 6.07) is 3.28. The van der Waals surface area contributed by atoms with Crippen LogP contribution < -0.4 is 10.1 Å². The Hall–Kier alpha value is -2.60. The number of benzene rings is 1. The van der Waals surface area contributed by atoms with Crippen molar-refractivity contribution >= 4 is 17.3 Å². The van der Waals surface area contributed by atoms with Gasteiger partial charge in [0, 0.05) is 12.0 Å². The fourth-order valence-corrected chi connectivity index (χ4v) is 2.72. The van der Waals surface area contributed by atoms with Crippen molar-refractivity contribution in [2.45, 2.75) is 46.6 Å². The molecule has 0 bridgehead atoms. The summed E-state index contributed by atoms with van der Waals surface area (Å²) in [6.45, 7) is 7.53. The second-order valence-corrected chi connectivity index (χ2v) is 6.71. The first-order valence-electron chi connectivity index (χ1n) is 8.78. The van der Waals surface area contributed by atoms with Crippen LogP contribution in [-0.4, -0.2) is 29.2 Å². The number of nitrogens with zero attached hydrogens (tertiary/aromatic N) is 1. The number of aromatic hydroxyl groups is 1. The lowest BCUT2D eigenvalue weighted by molar-refractivity contribution is -0.119. The van der Waals surface area contributed by atoms with Gasteiger partial charge in [-0.2, -0.15) is 0 Å². The van der Waals surface area contributed by atoms with E-state index in [1.807, 2.05) is 39.0 Å². The van der Waals surface area contributed by atoms with Gasteiger partial charge in [-0.3, -0.25) is 4.79 Å². The lowest BCUT2D eigenvalue weighted by atomic mass is 10.0. The fraction of sp³-hybridized carbons (Fsp3) is 0.400. The molecule has 6 heteroatoms. The van der Waals surface area contributed by atoms with Crippen molar-refractivity contribution in [3.63, 3.8) is 0 Å². The molecule has 2 aliphatic rings. The molecular weight excluding hydrogens is 332 g/mol. The number of fused-ring (bicyclic) bond motifs is 1. The highest BCUT2D eigenvalue weighted by Gasteiger charge is 2.29. The molecule has 0 fully saturated rings. The standard InChI is InChI=1S/C20H24N2O4/c1-5-12(3)19(24)21-16-10-14(9-13(4)18(16)23)25-20-22-15-7-6-11(2)8-17(15)26-20/h6-10,12,17,20,23H,5H2,1-4H3,(H,21,24). The third kappa shape index (κ3) is 3.80. The molecule has 26 heavy (non-hydrogen) atoms. The van der Waals surface area contributed by atoms with Gasteiger partial charge in [-0.15, -0.1) is 0 Å². The average Bonchev–Trinajstić information content (AvgIpc) is 2.99. The quantitative estimate of drug-likeness (QED) is 0.788. The van der Waals surface area contributed by atoms with Crippen LogP contribution in [0.3, 0.4) is 0 Å². The third-order valence-electron chi connectivity index (χ3n) is 4.57. The molecule has 1 heterocycles. The normalized spacial score (nSPS) is 22.3. The molecule has 0 radical (unpaired) electrons. The summed E-state index contributed by atoms with van der Waals surface area (Å²) >= 11 is 0. The monoisotopic (exact) mass is 356 g/mol. The molecule has 1 aliphatic carbocycles. The summed E-state index contributed by atoms with van der Waals surface area (Å²) in [5.74, 6) is 0.211. The molecule has 0 aromatic heterocycles. The molecular formula is C20H24N2O4. The third-order valence-corrected chi connectivity index (χ3v) is 4.57. The van der Waals surface area contributed by atoms with E-state index in [1.165, 1.54) is 0 Å². The summed E-state index contributed by atoms with van der Waals surface area (Å²) in [4.78, 5) is 16.6. The Labute approximate surface area is 153 Å². The number of aryl methyl sites for hydroxylation is 1. The van der Waals surface area contributed by atoms with E-state index in [0.29, 0.717) is 17.0 Å². The Bertz CT molecular complexity index is 810. The number of allylic oxidation sites excluding steroid dienone is 2. The number of ether oxygens (including phenoxy) is 2. The molecule has 1 amide bonds. The number of aliphatic imine (C=N–C) groups is 1. The molecule has 138 valence electrons. The Morgan fingerprint density at radius 1 is 1.38 bits per heavy atom. The van der Waals surface area contributed by atoms with E-state index in [-0.39, 0.29) is 23.7 Å². The Morgan fingerprint density at radius 3 is 2.88 bits per heavy atom. The van der Waals surface area contributed by atoms with E-state index in [0.717, 1.165) is 17.7 Å². The largest absolute Gasteiger partial charge is 0.505 e. The number of nitrogens with one attached hydrogen (secondary N) is 1. The average molecular weight is 356 g/mol. The molecule has 2 N–H and O–H groups in total. The summed E-state index contributed by atoms with van der Waals surface area (Å²) in [5.41, 5.74) is 2.86. The van der Waals surface area contributed by atoms with Crippen LogP contribution in [0.2, 0.25) is 0 Å². The topological polar surface area (TPSA) is 80.2 Å². The van der Waals surface area contributed by atoms with Crippen molar-refractivity contribution in [1.82, 2.24) is 0 Å². The summed E-state index contributed by atoms with van der Waals surface area (Å²) in [7, 11) is 0. The van der Waals surface area contributed by atoms with Gasteiger partial charge in [0.25, 0.3) is 0 Å². The van der Waals surface area contributed by atoms with E-state index in [4.69, 9.17) is 9.47 Å². The number of anilines is 1. The fourth-order valence-electron chi connectivity index (χ4n) is 2.72. The number of phenols is 1. The van der Waals surface area contributed by atoms with Crippen molar-refractivity contribution in [3.05, 3.63) is 41.5 Å². The maximum absolute atomic E-state index is 12.1. The molecule has 0 saturated carbocycles. The Balaban J connectivity index is 1.76. The second-order valence-electron chi connectivity index (χ2n) is 6.71. The summed E-state index contributed by atoms with van der Waals surface area (Å²) in [6.07, 6.45) is 5.65. The number of carbonyl (C=O) groups is 1. The molecule has 1 aromatic rings. The highest BCUT2D eigenvalue weighted by Crippen LogP contribution is 2.34. The molecule has 3 unspecified atom stereocenters. The number of phenolic OH excluding ortho intramolecular Hbond substituents is 1. The number of carbonyl (C=O) groups excluding carboxylic acids is 1. The van der Waals surface area contributed by atoms with Crippen LogP contribution in [0.25, 0.3) is 0 Å². The SMILES string of the molecule is CCC(C)C(=O)Nc1cc(OC2N=C3C=CC(C)=CC3O2)cc(C)c1O. The number of hydrogen-bond donors (Lipinski definition) is 2. The molecule has 6 nitrogen and oxygen atoms in total. The molecule has 1 aromatic carbocycles. The van der Waals surface area contributed by atoms with Crippen molar-refractivity contribution in [3.8, 4) is 11.5 Å². The second kappa shape index (κ2) is 7.33. The highest BCUT2D eigenvalue weighted by molar-refractivity contribution is 6.02. The van der Waals surface area contributed by atoms with Gasteiger partial charge in [-0.25, -0.2) is 4.99 Å². The minimum absolute atomic E-state index is 0.0304. The zero-order chi connectivity index (χ0) is 18.8. The van der Waals surface area contributed by atoms with Crippen LogP contribution >= 0.6 is 0 Å². The van der Waals surface area contributed by atoms with Gasteiger partial charge < -0.3 is 19.9 Å². The molecule has 0 saturated heterocycles. The van der Waals surface area contributed by atoms with Crippen LogP contribution in [0.5, 0.6) is 11.5 Å². The number of hydrogen-bond acceptors (Lipinski definition) is 5. The van der Waals surface area contributed by atoms with Crippen LogP contribution in [0.15, 0.2) is 40.9 Å². The van der Waals surface area contributed by atoms with Gasteiger partial charge in [0.15, 0.2) is 0 Å². The Morgan fingerprint density at radius 2 is 2.15 bits per heavy atom. The Kier molecular flexibility index (Phi) is 5.13. The van der Waals surface area contributed by atoms with Crippen LogP contribution in [-0.2, 0) is 9.53 Å².